The normalized spacial score (nSPS) is 10.8. The molecule has 0 aliphatic rings. The summed E-state index contributed by atoms with van der Waals surface area (Å²) in [5, 5.41) is 11.7. The highest BCUT2D eigenvalue weighted by molar-refractivity contribution is 6.30. The van der Waals surface area contributed by atoms with Crippen LogP contribution in [0.4, 0.5) is 5.82 Å². The lowest BCUT2D eigenvalue weighted by Gasteiger charge is -2.10. The molecular formula is C15H16ClN5O. The van der Waals surface area contributed by atoms with Gasteiger partial charge in [0.2, 0.25) is 0 Å². The summed E-state index contributed by atoms with van der Waals surface area (Å²) in [5.41, 5.74) is 1.77. The molecule has 2 heterocycles. The lowest BCUT2D eigenvalue weighted by atomic mass is 10.2. The molecule has 0 amide bonds. The van der Waals surface area contributed by atoms with Crippen molar-refractivity contribution in [1.82, 2.24) is 20.2 Å². The van der Waals surface area contributed by atoms with Crippen molar-refractivity contribution in [3.63, 3.8) is 0 Å². The fourth-order valence-corrected chi connectivity index (χ4v) is 2.37. The molecule has 0 radical (unpaired) electrons. The Balaban J connectivity index is 1.49. The second-order valence-corrected chi connectivity index (χ2v) is 5.33. The second-order valence-electron chi connectivity index (χ2n) is 4.89. The summed E-state index contributed by atoms with van der Waals surface area (Å²) < 4.78 is 5.75. The molecule has 0 atom stereocenters. The molecule has 0 saturated carbocycles. The van der Waals surface area contributed by atoms with E-state index in [4.69, 9.17) is 16.3 Å². The maximum Gasteiger partial charge on any atom is 0.160 e. The topological polar surface area (TPSA) is 75.7 Å². The number of anilines is 1. The van der Waals surface area contributed by atoms with E-state index in [0.717, 1.165) is 46.2 Å². The van der Waals surface area contributed by atoms with Gasteiger partial charge < -0.3 is 10.1 Å². The van der Waals surface area contributed by atoms with E-state index < -0.39 is 0 Å². The number of aryl methyl sites for hydroxylation is 1. The first-order valence-electron chi connectivity index (χ1n) is 7.01. The van der Waals surface area contributed by atoms with Crippen LogP contribution in [0.3, 0.4) is 0 Å². The fourth-order valence-electron chi connectivity index (χ4n) is 2.14. The maximum absolute atomic E-state index is 5.92. The SMILES string of the molecule is Cc1cc(Cl)ccc1OCCCNc1ncnc2[nH]ncc12. The number of fused-ring (bicyclic) bond motifs is 1. The summed E-state index contributed by atoms with van der Waals surface area (Å²) in [7, 11) is 0. The van der Waals surface area contributed by atoms with Crippen LogP contribution >= 0.6 is 11.6 Å². The number of halogens is 1. The van der Waals surface area contributed by atoms with Crippen LogP contribution in [-0.4, -0.2) is 33.3 Å². The van der Waals surface area contributed by atoms with Crippen LogP contribution in [0.25, 0.3) is 11.0 Å². The minimum atomic E-state index is 0.620. The van der Waals surface area contributed by atoms with Crippen LogP contribution in [0.5, 0.6) is 5.75 Å². The number of nitrogens with one attached hydrogen (secondary N) is 2. The number of benzene rings is 1. The highest BCUT2D eigenvalue weighted by Gasteiger charge is 2.04. The molecule has 0 aliphatic heterocycles. The van der Waals surface area contributed by atoms with Crippen molar-refractivity contribution in [2.75, 3.05) is 18.5 Å². The number of hydrogen-bond donors (Lipinski definition) is 2. The van der Waals surface area contributed by atoms with E-state index in [1.54, 1.807) is 6.20 Å². The minimum Gasteiger partial charge on any atom is -0.493 e. The standard InChI is InChI=1S/C15H16ClN5O/c1-10-7-11(16)3-4-13(10)22-6-2-5-17-14-12-8-20-21-15(12)19-9-18-14/h3-4,7-9H,2,5-6H2,1H3,(H2,17,18,19,20,21). The van der Waals surface area contributed by atoms with Crippen LogP contribution in [0.1, 0.15) is 12.0 Å². The Bertz CT molecular complexity index is 773. The maximum atomic E-state index is 5.92. The predicted octanol–water partition coefficient (Wildman–Crippen LogP) is 3.20. The van der Waals surface area contributed by atoms with Gasteiger partial charge in [0, 0.05) is 11.6 Å². The number of hydrogen-bond acceptors (Lipinski definition) is 5. The predicted molar refractivity (Wildman–Crippen MR) is 86.5 cm³/mol. The molecule has 0 spiro atoms. The van der Waals surface area contributed by atoms with Gasteiger partial charge in [-0.05, 0) is 37.1 Å². The van der Waals surface area contributed by atoms with Crippen LogP contribution in [0.15, 0.2) is 30.7 Å². The number of rotatable bonds is 6. The number of ether oxygens (including phenoxy) is 1. The molecule has 0 unspecified atom stereocenters. The van der Waals surface area contributed by atoms with Crippen LogP contribution < -0.4 is 10.1 Å². The van der Waals surface area contributed by atoms with Crippen molar-refractivity contribution in [2.24, 2.45) is 0 Å². The number of aromatic amines is 1. The Kier molecular flexibility index (Phi) is 4.39. The summed E-state index contributed by atoms with van der Waals surface area (Å²) in [6.07, 6.45) is 4.08. The van der Waals surface area contributed by atoms with Crippen molar-refractivity contribution in [3.05, 3.63) is 41.3 Å². The van der Waals surface area contributed by atoms with Gasteiger partial charge in [-0.3, -0.25) is 5.10 Å². The summed E-state index contributed by atoms with van der Waals surface area (Å²) >= 11 is 5.92. The first-order valence-corrected chi connectivity index (χ1v) is 7.39. The molecule has 2 N–H and O–H groups in total. The lowest BCUT2D eigenvalue weighted by Crippen LogP contribution is -2.09. The fraction of sp³-hybridized carbons (Fsp3) is 0.267. The second kappa shape index (κ2) is 6.62. The monoisotopic (exact) mass is 317 g/mol. The molecule has 2 aromatic heterocycles. The number of aromatic nitrogens is 4. The van der Waals surface area contributed by atoms with Crippen LogP contribution in [0.2, 0.25) is 5.02 Å². The first-order chi connectivity index (χ1) is 10.7. The zero-order valence-electron chi connectivity index (χ0n) is 12.1. The molecule has 6 nitrogen and oxygen atoms in total. The van der Waals surface area contributed by atoms with Gasteiger partial charge in [-0.2, -0.15) is 5.10 Å². The Morgan fingerprint density at radius 2 is 2.23 bits per heavy atom. The van der Waals surface area contributed by atoms with Crippen molar-refractivity contribution in [3.8, 4) is 5.75 Å². The van der Waals surface area contributed by atoms with E-state index in [1.807, 2.05) is 25.1 Å². The highest BCUT2D eigenvalue weighted by atomic mass is 35.5. The number of nitrogens with zero attached hydrogens (tertiary/aromatic N) is 3. The Hall–Kier alpha value is -2.34. The lowest BCUT2D eigenvalue weighted by molar-refractivity contribution is 0.313. The van der Waals surface area contributed by atoms with E-state index in [9.17, 15) is 0 Å². The molecule has 22 heavy (non-hydrogen) atoms. The first kappa shape index (κ1) is 14.6. The summed E-state index contributed by atoms with van der Waals surface area (Å²) in [4.78, 5) is 8.32. The average molecular weight is 318 g/mol. The van der Waals surface area contributed by atoms with Gasteiger partial charge in [0.15, 0.2) is 5.65 Å². The van der Waals surface area contributed by atoms with Gasteiger partial charge in [-0.25, -0.2) is 9.97 Å². The third-order valence-electron chi connectivity index (χ3n) is 3.26. The van der Waals surface area contributed by atoms with Gasteiger partial charge in [-0.15, -0.1) is 0 Å². The molecule has 0 bridgehead atoms. The van der Waals surface area contributed by atoms with Gasteiger partial charge in [-0.1, -0.05) is 11.6 Å². The van der Waals surface area contributed by atoms with Gasteiger partial charge in [0.25, 0.3) is 0 Å². The Morgan fingerprint density at radius 1 is 1.32 bits per heavy atom. The van der Waals surface area contributed by atoms with E-state index in [-0.39, 0.29) is 0 Å². The largest absolute Gasteiger partial charge is 0.493 e. The van der Waals surface area contributed by atoms with Crippen LogP contribution in [-0.2, 0) is 0 Å². The van der Waals surface area contributed by atoms with E-state index >= 15 is 0 Å². The highest BCUT2D eigenvalue weighted by Crippen LogP contribution is 2.22. The Labute approximate surface area is 132 Å². The van der Waals surface area contributed by atoms with E-state index in [0.29, 0.717) is 6.61 Å². The van der Waals surface area contributed by atoms with E-state index in [2.05, 4.69) is 25.5 Å². The molecule has 7 heteroatoms. The van der Waals surface area contributed by atoms with Gasteiger partial charge in [0.05, 0.1) is 18.2 Å². The smallest absolute Gasteiger partial charge is 0.160 e. The molecule has 114 valence electrons. The summed E-state index contributed by atoms with van der Waals surface area (Å²) in [6.45, 7) is 3.36. The molecule has 0 saturated heterocycles. The van der Waals surface area contributed by atoms with Gasteiger partial charge in [0.1, 0.15) is 17.9 Å². The van der Waals surface area contributed by atoms with Crippen molar-refractivity contribution < 1.29 is 4.74 Å². The molecule has 0 fully saturated rings. The van der Waals surface area contributed by atoms with Gasteiger partial charge >= 0.3 is 0 Å². The van der Waals surface area contributed by atoms with Crippen molar-refractivity contribution in [1.29, 1.82) is 0 Å². The Morgan fingerprint density at radius 3 is 3.09 bits per heavy atom. The zero-order chi connectivity index (χ0) is 15.4. The van der Waals surface area contributed by atoms with E-state index in [1.165, 1.54) is 6.33 Å². The quantitative estimate of drug-likeness (QED) is 0.683. The molecule has 0 aliphatic carbocycles. The zero-order valence-corrected chi connectivity index (χ0v) is 12.9. The molecule has 1 aromatic carbocycles. The third-order valence-corrected chi connectivity index (χ3v) is 3.49. The third kappa shape index (κ3) is 3.28. The summed E-state index contributed by atoms with van der Waals surface area (Å²) in [5.74, 6) is 1.64. The molecular weight excluding hydrogens is 302 g/mol. The van der Waals surface area contributed by atoms with Crippen LogP contribution in [0, 0.1) is 6.92 Å². The van der Waals surface area contributed by atoms with Crippen molar-refractivity contribution >= 4 is 28.5 Å². The summed E-state index contributed by atoms with van der Waals surface area (Å²) in [6, 6.07) is 5.62. The molecule has 3 rings (SSSR count). The van der Waals surface area contributed by atoms with Crippen molar-refractivity contribution in [2.45, 2.75) is 13.3 Å². The number of H-pyrrole nitrogens is 1. The molecule has 3 aromatic rings. The average Bonchev–Trinajstić information content (AvgIpc) is 2.98. The minimum absolute atomic E-state index is 0.620.